The number of fused-ring (bicyclic) bond motifs is 2. The van der Waals surface area contributed by atoms with Crippen LogP contribution in [0.15, 0.2) is 66.9 Å². The van der Waals surface area contributed by atoms with E-state index >= 15 is 0 Å². The van der Waals surface area contributed by atoms with Gasteiger partial charge in [-0.25, -0.2) is 0 Å². The first-order valence-electron chi connectivity index (χ1n) is 7.57. The molecule has 4 rings (SSSR count). The van der Waals surface area contributed by atoms with E-state index in [-0.39, 0.29) is 0 Å². The number of para-hydroxylation sites is 1. The fourth-order valence-electron chi connectivity index (χ4n) is 3.02. The highest BCUT2D eigenvalue weighted by molar-refractivity contribution is 5.84. The van der Waals surface area contributed by atoms with Crippen LogP contribution in [0.4, 0.5) is 0 Å². The number of aromatic nitrogens is 3. The predicted molar refractivity (Wildman–Crippen MR) is 90.8 cm³/mol. The zero-order valence-corrected chi connectivity index (χ0v) is 12.8. The number of rotatable bonds is 2. The Kier molecular flexibility index (Phi) is 3.15. The topological polar surface area (TPSA) is 40.8 Å². The molecule has 0 saturated heterocycles. The maximum absolute atomic E-state index is 12.4. The molecule has 0 unspecified atom stereocenters. The summed E-state index contributed by atoms with van der Waals surface area (Å²) in [5.41, 5.74) is 3.63. The minimum atomic E-state index is 0.554. The predicted octanol–water partition coefficient (Wildman–Crippen LogP) is 3.23. The van der Waals surface area contributed by atoms with Crippen molar-refractivity contribution in [3.05, 3.63) is 83.0 Å². The van der Waals surface area contributed by atoms with Gasteiger partial charge in [0.2, 0.25) is 0 Å². The minimum absolute atomic E-state index is 0.554. The average molecular weight is 302 g/mol. The van der Waals surface area contributed by atoms with Crippen LogP contribution >= 0.6 is 0 Å². The molecule has 0 atom stereocenters. The summed E-state index contributed by atoms with van der Waals surface area (Å²) in [5.74, 6) is 0. The number of nitrogens with zero attached hydrogens (tertiary/aromatic N) is 3. The lowest BCUT2D eigenvalue weighted by molar-refractivity contribution is -0.569. The highest BCUT2D eigenvalue weighted by Crippen LogP contribution is 2.22. The van der Waals surface area contributed by atoms with Crippen LogP contribution in [0.3, 0.4) is 0 Å². The average Bonchev–Trinajstić information content (AvgIpc) is 2.79. The minimum Gasteiger partial charge on any atom is -0.350 e. The van der Waals surface area contributed by atoms with Crippen molar-refractivity contribution in [2.75, 3.05) is 0 Å². The molecular formula is C19H16N3O+. The number of aryl methyl sites for hydroxylation is 1. The van der Waals surface area contributed by atoms with Crippen molar-refractivity contribution in [3.63, 3.8) is 0 Å². The van der Waals surface area contributed by atoms with Crippen molar-refractivity contribution in [1.82, 2.24) is 9.67 Å². The Labute approximate surface area is 133 Å². The molecule has 4 heteroatoms. The first-order valence-corrected chi connectivity index (χ1v) is 7.57. The summed E-state index contributed by atoms with van der Waals surface area (Å²) < 4.78 is 2.83. The van der Waals surface area contributed by atoms with E-state index in [1.807, 2.05) is 55.6 Å². The van der Waals surface area contributed by atoms with Gasteiger partial charge < -0.3 is 4.57 Å². The molecular weight excluding hydrogens is 286 g/mol. The Morgan fingerprint density at radius 1 is 1.00 bits per heavy atom. The monoisotopic (exact) mass is 302 g/mol. The van der Waals surface area contributed by atoms with Crippen LogP contribution in [-0.2, 0) is 13.5 Å². The normalized spacial score (nSPS) is 11.2. The Morgan fingerprint density at radius 3 is 2.70 bits per heavy atom. The van der Waals surface area contributed by atoms with E-state index in [2.05, 4.69) is 28.0 Å². The Balaban J connectivity index is 1.86. The quantitative estimate of drug-likeness (QED) is 0.533. The van der Waals surface area contributed by atoms with E-state index in [0.29, 0.717) is 17.6 Å². The van der Waals surface area contributed by atoms with Gasteiger partial charge in [0.15, 0.2) is 4.54 Å². The summed E-state index contributed by atoms with van der Waals surface area (Å²) in [6, 6.07) is 19.7. The molecule has 0 fully saturated rings. The van der Waals surface area contributed by atoms with Crippen LogP contribution < -0.4 is 4.54 Å². The smallest absolute Gasteiger partial charge is 0.276 e. The third-order valence-corrected chi connectivity index (χ3v) is 4.19. The van der Waals surface area contributed by atoms with Gasteiger partial charge in [-0.2, -0.15) is 0 Å². The Bertz CT molecular complexity index is 1080. The number of hydrogen-bond donors (Lipinski definition) is 0. The second kappa shape index (κ2) is 5.32. The largest absolute Gasteiger partial charge is 0.350 e. The fraction of sp³-hybridized carbons (Fsp3) is 0.105. The third-order valence-electron chi connectivity index (χ3n) is 4.19. The highest BCUT2D eigenvalue weighted by atomic mass is 16.3. The molecule has 0 spiro atoms. The molecule has 0 radical (unpaired) electrons. The molecule has 0 aliphatic heterocycles. The van der Waals surface area contributed by atoms with Gasteiger partial charge in [-0.05, 0) is 23.8 Å². The van der Waals surface area contributed by atoms with E-state index < -0.39 is 0 Å². The zero-order chi connectivity index (χ0) is 15.8. The highest BCUT2D eigenvalue weighted by Gasteiger charge is 2.14. The molecule has 0 amide bonds. The standard InChI is InChI=1S/C19H16N3O/c1-21-13-15(17-7-3-5-9-19(17)21)12-16-11-10-14-6-2-4-8-18(14)20-22(16)23/h2-11,13H,12H2,1H3/q+1. The van der Waals surface area contributed by atoms with Crippen molar-refractivity contribution >= 4 is 21.8 Å². The van der Waals surface area contributed by atoms with Crippen molar-refractivity contribution in [2.24, 2.45) is 7.05 Å². The molecule has 0 aliphatic rings. The third kappa shape index (κ3) is 2.38. The summed E-state index contributed by atoms with van der Waals surface area (Å²) in [6.07, 6.45) is 2.64. The van der Waals surface area contributed by atoms with Crippen LogP contribution in [0.1, 0.15) is 11.3 Å². The van der Waals surface area contributed by atoms with Crippen LogP contribution in [0.25, 0.3) is 21.8 Å². The summed E-state index contributed by atoms with van der Waals surface area (Å²) in [5, 5.41) is 6.31. The molecule has 0 bridgehead atoms. The van der Waals surface area contributed by atoms with Gasteiger partial charge in [0.25, 0.3) is 5.69 Å². The van der Waals surface area contributed by atoms with E-state index in [0.717, 1.165) is 15.5 Å². The maximum Gasteiger partial charge on any atom is 0.276 e. The van der Waals surface area contributed by atoms with Crippen LogP contribution in [0.2, 0.25) is 0 Å². The first-order chi connectivity index (χ1) is 11.2. The van der Waals surface area contributed by atoms with Gasteiger partial charge in [0, 0.05) is 35.6 Å². The van der Waals surface area contributed by atoms with Gasteiger partial charge in [-0.15, -0.1) is 0 Å². The molecule has 2 aromatic heterocycles. The van der Waals surface area contributed by atoms with Crippen LogP contribution in [-0.4, -0.2) is 9.67 Å². The molecule has 0 N–H and O–H groups in total. The lowest BCUT2D eigenvalue weighted by atomic mass is 10.1. The fourth-order valence-corrected chi connectivity index (χ4v) is 3.02. The molecule has 4 aromatic rings. The van der Waals surface area contributed by atoms with Crippen LogP contribution in [0, 0.1) is 4.91 Å². The SMILES string of the molecule is Cn1cc(Cc2ccc3ccccc3n[n+]2=O)c2ccccc21. The van der Waals surface area contributed by atoms with E-state index in [9.17, 15) is 4.91 Å². The zero-order valence-electron chi connectivity index (χ0n) is 12.8. The number of benzene rings is 2. The van der Waals surface area contributed by atoms with Gasteiger partial charge >= 0.3 is 0 Å². The molecule has 23 heavy (non-hydrogen) atoms. The van der Waals surface area contributed by atoms with Crippen molar-refractivity contribution in [3.8, 4) is 0 Å². The summed E-state index contributed by atoms with van der Waals surface area (Å²) in [4.78, 5) is 12.4. The molecule has 2 aromatic carbocycles. The summed E-state index contributed by atoms with van der Waals surface area (Å²) >= 11 is 0. The second-order valence-corrected chi connectivity index (χ2v) is 5.72. The molecule has 4 nitrogen and oxygen atoms in total. The van der Waals surface area contributed by atoms with Gasteiger partial charge in [0.1, 0.15) is 5.52 Å². The Morgan fingerprint density at radius 2 is 1.78 bits per heavy atom. The molecule has 0 saturated carbocycles. The van der Waals surface area contributed by atoms with E-state index in [1.165, 1.54) is 10.9 Å². The van der Waals surface area contributed by atoms with E-state index in [4.69, 9.17) is 0 Å². The van der Waals surface area contributed by atoms with Gasteiger partial charge in [0.05, 0.1) is 16.4 Å². The number of hydrogen-bond acceptors (Lipinski definition) is 2. The Hall–Kier alpha value is -3.01. The molecule has 0 aliphatic carbocycles. The maximum atomic E-state index is 12.4. The van der Waals surface area contributed by atoms with Crippen molar-refractivity contribution < 1.29 is 4.54 Å². The lowest BCUT2D eigenvalue weighted by Gasteiger charge is -1.93. The lowest BCUT2D eigenvalue weighted by Crippen LogP contribution is -2.23. The van der Waals surface area contributed by atoms with Gasteiger partial charge in [-0.1, -0.05) is 36.4 Å². The first kappa shape index (κ1) is 13.6. The van der Waals surface area contributed by atoms with Gasteiger partial charge in [-0.3, -0.25) is 0 Å². The van der Waals surface area contributed by atoms with Crippen molar-refractivity contribution in [2.45, 2.75) is 6.42 Å². The second-order valence-electron chi connectivity index (χ2n) is 5.72. The van der Waals surface area contributed by atoms with Crippen molar-refractivity contribution in [1.29, 1.82) is 0 Å². The van der Waals surface area contributed by atoms with E-state index in [1.54, 1.807) is 0 Å². The molecule has 2 heterocycles. The molecule has 112 valence electrons. The summed E-state index contributed by atoms with van der Waals surface area (Å²) in [7, 11) is 2.02. The summed E-state index contributed by atoms with van der Waals surface area (Å²) in [6.45, 7) is 0. The van der Waals surface area contributed by atoms with Crippen LogP contribution in [0.5, 0.6) is 0 Å².